The first-order chi connectivity index (χ1) is 3.65. The van der Waals surface area contributed by atoms with Crippen molar-refractivity contribution in [2.24, 2.45) is 0 Å². The maximum Gasteiger partial charge on any atom is 0.145 e. The molecular weight excluding hydrogens is 132 g/mol. The van der Waals surface area contributed by atoms with Crippen molar-refractivity contribution in [2.45, 2.75) is 26.6 Å². The minimum atomic E-state index is -0.139. The van der Waals surface area contributed by atoms with Crippen molar-refractivity contribution in [1.29, 1.82) is 0 Å². The Morgan fingerprint density at radius 2 is 1.50 bits per heavy atom. The smallest absolute Gasteiger partial charge is 0.145 e. The molecule has 0 saturated heterocycles. The minimum absolute atomic E-state index is 0.139. The van der Waals surface area contributed by atoms with Crippen LogP contribution in [0, 0.1) is 0 Å². The monoisotopic (exact) mass is 150 g/mol. The van der Waals surface area contributed by atoms with Gasteiger partial charge in [-0.3, -0.25) is 0 Å². The molecule has 0 unspecified atom stereocenters. The lowest BCUT2D eigenvalue weighted by Crippen LogP contribution is -1.84. The van der Waals surface area contributed by atoms with Crippen LogP contribution in [0.15, 0.2) is 0 Å². The molecule has 0 bridgehead atoms. The predicted octanol–water partition coefficient (Wildman–Crippen LogP) is 0.406. The van der Waals surface area contributed by atoms with Crippen molar-refractivity contribution in [1.82, 2.24) is 0 Å². The Labute approximate surface area is 57.6 Å². The van der Waals surface area contributed by atoms with Gasteiger partial charge in [0.1, 0.15) is 10.5 Å². The zero-order chi connectivity index (χ0) is 6.99. The molecule has 0 aliphatic heterocycles. The summed E-state index contributed by atoms with van der Waals surface area (Å²) in [6.45, 7) is 9.79. The van der Waals surface area contributed by atoms with E-state index in [4.69, 9.17) is 0 Å². The lowest BCUT2D eigenvalue weighted by molar-refractivity contribution is 0.375. The molecule has 0 aromatic rings. The molecule has 3 heteroatoms. The van der Waals surface area contributed by atoms with Gasteiger partial charge in [0.25, 0.3) is 0 Å². The van der Waals surface area contributed by atoms with Crippen LogP contribution in [0.2, 0.25) is 19.6 Å². The van der Waals surface area contributed by atoms with E-state index in [1.165, 1.54) is 0 Å². The lowest BCUT2D eigenvalue weighted by Gasteiger charge is -1.77. The van der Waals surface area contributed by atoms with Gasteiger partial charge in [-0.15, -0.1) is 0 Å². The second-order valence-electron chi connectivity index (χ2n) is 2.31. The number of rotatable bonds is 1. The summed E-state index contributed by atoms with van der Waals surface area (Å²) in [7, 11) is 0.751. The van der Waals surface area contributed by atoms with Crippen molar-refractivity contribution in [3.8, 4) is 0 Å². The Balaban J connectivity index is 0. The third kappa shape index (κ3) is 95.8. The van der Waals surface area contributed by atoms with Crippen LogP contribution in [0.5, 0.6) is 0 Å². The molecule has 0 spiro atoms. The van der Waals surface area contributed by atoms with Gasteiger partial charge >= 0.3 is 0 Å². The van der Waals surface area contributed by atoms with Gasteiger partial charge in [0.05, 0.1) is 0 Å². The summed E-state index contributed by atoms with van der Waals surface area (Å²) in [5.74, 6) is 0. The first-order valence-corrected chi connectivity index (χ1v) is 7.42. The molecule has 0 aliphatic rings. The van der Waals surface area contributed by atoms with E-state index >= 15 is 0 Å². The molecule has 0 heterocycles. The summed E-state index contributed by atoms with van der Waals surface area (Å²) < 4.78 is 4.68. The molecule has 0 saturated carbocycles. The molecule has 8 heavy (non-hydrogen) atoms. The Bertz CT molecular complexity index is 26.9. The zero-order valence-electron chi connectivity index (χ0n) is 6.69. The van der Waals surface area contributed by atoms with E-state index < -0.39 is 0 Å². The topological polar surface area (TPSA) is 9.23 Å². The second kappa shape index (κ2) is 10.4. The molecule has 0 aromatic heterocycles. The standard InChI is InChI=1S/C3H10Si.C2H8OSi/c1-4(2)3;1-2-3-4/h4H,1-3H3;2H2,1,4H3. The minimum Gasteiger partial charge on any atom is -0.428 e. The quantitative estimate of drug-likeness (QED) is 0.492. The van der Waals surface area contributed by atoms with Gasteiger partial charge in [-0.2, -0.15) is 0 Å². The van der Waals surface area contributed by atoms with Crippen LogP contribution >= 0.6 is 0 Å². The van der Waals surface area contributed by atoms with Crippen LogP contribution < -0.4 is 0 Å². The van der Waals surface area contributed by atoms with Gasteiger partial charge in [0.2, 0.25) is 0 Å². The fourth-order valence-corrected chi connectivity index (χ4v) is 0. The average molecular weight is 150 g/mol. The van der Waals surface area contributed by atoms with Gasteiger partial charge in [-0.25, -0.2) is 0 Å². The Kier molecular flexibility index (Phi) is 14.6. The Morgan fingerprint density at radius 1 is 1.38 bits per heavy atom. The van der Waals surface area contributed by atoms with Crippen molar-refractivity contribution >= 4 is 19.3 Å². The summed E-state index contributed by atoms with van der Waals surface area (Å²) in [4.78, 5) is 0. The number of hydrogen-bond acceptors (Lipinski definition) is 1. The number of hydrogen-bond donors (Lipinski definition) is 0. The highest BCUT2D eigenvalue weighted by Crippen LogP contribution is 1.68. The molecular formula is C5H18OSi2. The van der Waals surface area contributed by atoms with Crippen LogP contribution in [-0.2, 0) is 4.43 Å². The third-order valence-electron chi connectivity index (χ3n) is 0.289. The highest BCUT2D eigenvalue weighted by atomic mass is 28.3. The van der Waals surface area contributed by atoms with E-state index in [0.29, 0.717) is 0 Å². The van der Waals surface area contributed by atoms with Crippen LogP contribution in [0.25, 0.3) is 0 Å². The third-order valence-corrected chi connectivity index (χ3v) is 0.866. The van der Waals surface area contributed by atoms with Gasteiger partial charge < -0.3 is 4.43 Å². The molecule has 0 fully saturated rings. The van der Waals surface area contributed by atoms with Crippen molar-refractivity contribution < 1.29 is 4.43 Å². The largest absolute Gasteiger partial charge is 0.428 e. The van der Waals surface area contributed by atoms with E-state index in [1.54, 1.807) is 0 Å². The highest BCUT2D eigenvalue weighted by molar-refractivity contribution is 6.54. The summed E-state index contributed by atoms with van der Waals surface area (Å²) in [6.07, 6.45) is 0. The Morgan fingerprint density at radius 3 is 1.50 bits per heavy atom. The van der Waals surface area contributed by atoms with E-state index in [2.05, 4.69) is 24.1 Å². The van der Waals surface area contributed by atoms with Gasteiger partial charge in [-0.1, -0.05) is 19.6 Å². The van der Waals surface area contributed by atoms with Crippen molar-refractivity contribution in [3.63, 3.8) is 0 Å². The van der Waals surface area contributed by atoms with E-state index in [0.717, 1.165) is 17.1 Å². The van der Waals surface area contributed by atoms with Gasteiger partial charge in [0.15, 0.2) is 0 Å². The van der Waals surface area contributed by atoms with Crippen molar-refractivity contribution in [2.75, 3.05) is 6.61 Å². The molecule has 0 radical (unpaired) electrons. The van der Waals surface area contributed by atoms with Crippen LogP contribution in [0.1, 0.15) is 6.92 Å². The Hall–Kier alpha value is 0.394. The van der Waals surface area contributed by atoms with Crippen LogP contribution in [0.4, 0.5) is 0 Å². The highest BCUT2D eigenvalue weighted by Gasteiger charge is 1.71. The maximum atomic E-state index is 4.68. The predicted molar refractivity (Wildman–Crippen MR) is 46.3 cm³/mol. The molecule has 0 N–H and O–H groups in total. The van der Waals surface area contributed by atoms with E-state index in [1.807, 2.05) is 6.92 Å². The van der Waals surface area contributed by atoms with Gasteiger partial charge in [0, 0.05) is 15.4 Å². The molecule has 0 atom stereocenters. The van der Waals surface area contributed by atoms with Gasteiger partial charge in [-0.05, 0) is 6.92 Å². The SMILES string of the molecule is CCO[SiH3].C[SiH](C)C. The van der Waals surface area contributed by atoms with E-state index in [9.17, 15) is 0 Å². The summed E-state index contributed by atoms with van der Waals surface area (Å²) in [5.41, 5.74) is 0. The summed E-state index contributed by atoms with van der Waals surface area (Å²) >= 11 is 0. The first-order valence-electron chi connectivity index (χ1n) is 3.14. The summed E-state index contributed by atoms with van der Waals surface area (Å²) in [6, 6.07) is 0. The van der Waals surface area contributed by atoms with Crippen molar-refractivity contribution in [3.05, 3.63) is 0 Å². The van der Waals surface area contributed by atoms with Crippen LogP contribution in [0.3, 0.4) is 0 Å². The molecule has 0 aliphatic carbocycles. The zero-order valence-corrected chi connectivity index (χ0v) is 9.85. The molecule has 0 aromatic carbocycles. The summed E-state index contributed by atoms with van der Waals surface area (Å²) in [5, 5.41) is 0. The molecule has 0 amide bonds. The fourth-order valence-electron chi connectivity index (χ4n) is 0. The van der Waals surface area contributed by atoms with Crippen LogP contribution in [-0.4, -0.2) is 25.9 Å². The molecule has 1 nitrogen and oxygen atoms in total. The molecule has 0 rings (SSSR count). The second-order valence-corrected chi connectivity index (χ2v) is 6.35. The average Bonchev–Trinajstić information content (AvgIpc) is 1.65. The first kappa shape index (κ1) is 11.2. The fraction of sp³-hybridized carbons (Fsp3) is 1.00. The molecule has 52 valence electrons. The normalized spacial score (nSPS) is 8.62. The lowest BCUT2D eigenvalue weighted by atomic mass is 10.9. The maximum absolute atomic E-state index is 4.68. The van der Waals surface area contributed by atoms with E-state index in [-0.39, 0.29) is 8.80 Å².